The molecular formula is C25H35N3O3Si. The van der Waals surface area contributed by atoms with Crippen LogP contribution in [0.2, 0.25) is 25.7 Å². The van der Waals surface area contributed by atoms with Crippen LogP contribution in [-0.4, -0.2) is 41.3 Å². The number of hydrogen-bond acceptors (Lipinski definition) is 5. The highest BCUT2D eigenvalue weighted by Crippen LogP contribution is 2.28. The van der Waals surface area contributed by atoms with Gasteiger partial charge in [-0.15, -0.1) is 0 Å². The molecule has 0 N–H and O–H groups in total. The molecule has 1 atom stereocenters. The first-order chi connectivity index (χ1) is 14.9. The van der Waals surface area contributed by atoms with Gasteiger partial charge in [-0.05, 0) is 57.0 Å². The number of rotatable bonds is 9. The lowest BCUT2D eigenvalue weighted by Crippen LogP contribution is -2.23. The van der Waals surface area contributed by atoms with Crippen LogP contribution in [0.25, 0.3) is 10.9 Å². The van der Waals surface area contributed by atoms with E-state index < -0.39 is 14.0 Å². The quantitative estimate of drug-likeness (QED) is 0.241. The van der Waals surface area contributed by atoms with Crippen molar-refractivity contribution in [1.82, 2.24) is 14.8 Å². The molecule has 172 valence electrons. The molecule has 3 aromatic rings. The molecular weight excluding hydrogens is 418 g/mol. The molecule has 2 heterocycles. The van der Waals surface area contributed by atoms with Crippen LogP contribution in [0.15, 0.2) is 36.5 Å². The fourth-order valence-corrected chi connectivity index (χ4v) is 4.22. The van der Waals surface area contributed by atoms with Crippen molar-refractivity contribution < 1.29 is 14.3 Å². The summed E-state index contributed by atoms with van der Waals surface area (Å²) in [5.74, 6) is 0.0425. The highest BCUT2D eigenvalue weighted by molar-refractivity contribution is 6.76. The molecule has 7 heteroatoms. The Morgan fingerprint density at radius 2 is 1.94 bits per heavy atom. The standard InChI is InChI=1S/C25H35N3O3Si/c1-18-13-19(21(16-29)22-9-8-10-23(26-22)31-25(2,3)4)14-20-15-28(27-24(18)20)17-30-11-12-32(5,6)7/h8-10,13-16,21H,11-12,17H2,1-7H3. The topological polar surface area (TPSA) is 66.2 Å². The van der Waals surface area contributed by atoms with E-state index in [2.05, 4.69) is 29.7 Å². The van der Waals surface area contributed by atoms with E-state index in [1.807, 2.05) is 68.9 Å². The van der Waals surface area contributed by atoms with Crippen LogP contribution < -0.4 is 4.74 Å². The predicted molar refractivity (Wildman–Crippen MR) is 131 cm³/mol. The maximum Gasteiger partial charge on any atom is 0.213 e. The van der Waals surface area contributed by atoms with Crippen molar-refractivity contribution in [2.24, 2.45) is 0 Å². The summed E-state index contributed by atoms with van der Waals surface area (Å²) in [7, 11) is -1.11. The molecule has 0 amide bonds. The number of carbonyl (C=O) groups excluding carboxylic acids is 1. The molecule has 0 saturated carbocycles. The third kappa shape index (κ3) is 6.50. The number of pyridine rings is 1. The summed E-state index contributed by atoms with van der Waals surface area (Å²) in [5.41, 5.74) is 3.15. The monoisotopic (exact) mass is 453 g/mol. The van der Waals surface area contributed by atoms with Crippen molar-refractivity contribution in [2.75, 3.05) is 6.61 Å². The predicted octanol–water partition coefficient (Wildman–Crippen LogP) is 5.56. The van der Waals surface area contributed by atoms with Gasteiger partial charge in [0.25, 0.3) is 0 Å². The first-order valence-corrected chi connectivity index (χ1v) is 14.8. The van der Waals surface area contributed by atoms with Gasteiger partial charge in [-0.3, -0.25) is 0 Å². The second kappa shape index (κ2) is 9.54. The summed E-state index contributed by atoms with van der Waals surface area (Å²) in [6.07, 6.45) is 2.92. The number of fused-ring (bicyclic) bond motifs is 1. The number of aromatic nitrogens is 3. The molecule has 2 aromatic heterocycles. The van der Waals surface area contributed by atoms with Crippen LogP contribution in [0.1, 0.15) is 43.5 Å². The van der Waals surface area contributed by atoms with Crippen LogP contribution in [0.3, 0.4) is 0 Å². The van der Waals surface area contributed by atoms with Gasteiger partial charge in [0, 0.05) is 32.3 Å². The van der Waals surface area contributed by atoms with E-state index >= 15 is 0 Å². The third-order valence-electron chi connectivity index (χ3n) is 5.06. The van der Waals surface area contributed by atoms with Gasteiger partial charge in [-0.25, -0.2) is 9.67 Å². The molecule has 32 heavy (non-hydrogen) atoms. The lowest BCUT2D eigenvalue weighted by atomic mass is 9.94. The number of hydrogen-bond donors (Lipinski definition) is 0. The zero-order chi connectivity index (χ0) is 23.5. The fraction of sp³-hybridized carbons (Fsp3) is 0.480. The van der Waals surface area contributed by atoms with Crippen LogP contribution in [0.4, 0.5) is 0 Å². The molecule has 0 bridgehead atoms. The molecule has 6 nitrogen and oxygen atoms in total. The van der Waals surface area contributed by atoms with Gasteiger partial charge in [0.05, 0.1) is 17.1 Å². The van der Waals surface area contributed by atoms with E-state index in [0.717, 1.165) is 41.0 Å². The summed E-state index contributed by atoms with van der Waals surface area (Å²) in [5, 5.41) is 5.67. The molecule has 1 unspecified atom stereocenters. The molecule has 0 aliphatic carbocycles. The SMILES string of the molecule is Cc1cc(C(C=O)c2cccc(OC(C)(C)C)n2)cc2cn(COCC[Si](C)(C)C)nc12. The molecule has 0 fully saturated rings. The number of benzene rings is 1. The number of aldehydes is 1. The summed E-state index contributed by atoms with van der Waals surface area (Å²) >= 11 is 0. The molecule has 0 aliphatic rings. The lowest BCUT2D eigenvalue weighted by molar-refractivity contribution is -0.108. The zero-order valence-corrected chi connectivity index (χ0v) is 21.3. The summed E-state index contributed by atoms with van der Waals surface area (Å²) in [6, 6.07) is 10.7. The summed E-state index contributed by atoms with van der Waals surface area (Å²) < 4.78 is 13.6. The Kier molecular flexibility index (Phi) is 7.20. The number of ether oxygens (including phenoxy) is 2. The molecule has 0 aliphatic heterocycles. The number of aryl methyl sites for hydroxylation is 1. The van der Waals surface area contributed by atoms with Crippen molar-refractivity contribution in [2.45, 2.75) is 71.6 Å². The maximum atomic E-state index is 12.1. The molecule has 0 saturated heterocycles. The highest BCUT2D eigenvalue weighted by Gasteiger charge is 2.20. The Hall–Kier alpha value is -2.51. The van der Waals surface area contributed by atoms with Crippen molar-refractivity contribution in [1.29, 1.82) is 0 Å². The Morgan fingerprint density at radius 3 is 2.59 bits per heavy atom. The van der Waals surface area contributed by atoms with Gasteiger partial charge in [0.1, 0.15) is 18.6 Å². The second-order valence-electron chi connectivity index (χ2n) is 10.5. The minimum Gasteiger partial charge on any atom is -0.472 e. The second-order valence-corrected chi connectivity index (χ2v) is 16.1. The van der Waals surface area contributed by atoms with E-state index in [1.165, 1.54) is 0 Å². The van der Waals surface area contributed by atoms with Gasteiger partial charge in [-0.1, -0.05) is 31.8 Å². The maximum absolute atomic E-state index is 12.1. The fourth-order valence-electron chi connectivity index (χ4n) is 3.46. The largest absolute Gasteiger partial charge is 0.472 e. The third-order valence-corrected chi connectivity index (χ3v) is 6.76. The van der Waals surface area contributed by atoms with E-state index in [-0.39, 0.29) is 5.60 Å². The Bertz CT molecular complexity index is 1080. The van der Waals surface area contributed by atoms with E-state index in [9.17, 15) is 4.79 Å². The van der Waals surface area contributed by atoms with Crippen LogP contribution in [0, 0.1) is 6.92 Å². The van der Waals surface area contributed by atoms with Crippen LogP contribution in [-0.2, 0) is 16.3 Å². The Balaban J connectivity index is 1.83. The average Bonchev–Trinajstić information content (AvgIpc) is 3.08. The minimum atomic E-state index is -1.11. The van der Waals surface area contributed by atoms with Gasteiger partial charge in [-0.2, -0.15) is 5.10 Å². The summed E-state index contributed by atoms with van der Waals surface area (Å²) in [6.45, 7) is 16.1. The van der Waals surface area contributed by atoms with E-state index in [1.54, 1.807) is 0 Å². The van der Waals surface area contributed by atoms with E-state index in [0.29, 0.717) is 18.3 Å². The minimum absolute atomic E-state index is 0.358. The molecule has 1 aromatic carbocycles. The lowest BCUT2D eigenvalue weighted by Gasteiger charge is -2.21. The smallest absolute Gasteiger partial charge is 0.213 e. The molecule has 0 spiro atoms. The molecule has 3 rings (SSSR count). The normalized spacial score (nSPS) is 13.3. The highest BCUT2D eigenvalue weighted by atomic mass is 28.3. The Labute approximate surface area is 192 Å². The Morgan fingerprint density at radius 1 is 1.19 bits per heavy atom. The summed E-state index contributed by atoms with van der Waals surface area (Å²) in [4.78, 5) is 16.7. The van der Waals surface area contributed by atoms with Gasteiger partial charge in [0.15, 0.2) is 0 Å². The first kappa shape index (κ1) is 24.1. The van der Waals surface area contributed by atoms with Crippen LogP contribution in [0.5, 0.6) is 5.88 Å². The van der Waals surface area contributed by atoms with Crippen molar-refractivity contribution in [3.8, 4) is 5.88 Å². The van der Waals surface area contributed by atoms with Gasteiger partial charge >= 0.3 is 0 Å². The van der Waals surface area contributed by atoms with Crippen molar-refractivity contribution >= 4 is 25.3 Å². The zero-order valence-electron chi connectivity index (χ0n) is 20.3. The van der Waals surface area contributed by atoms with Gasteiger partial charge < -0.3 is 14.3 Å². The first-order valence-electron chi connectivity index (χ1n) is 11.1. The van der Waals surface area contributed by atoms with Crippen molar-refractivity contribution in [3.05, 3.63) is 53.3 Å². The number of nitrogens with zero attached hydrogens (tertiary/aromatic N) is 3. The van der Waals surface area contributed by atoms with E-state index in [4.69, 9.17) is 9.47 Å². The van der Waals surface area contributed by atoms with Crippen LogP contribution >= 0.6 is 0 Å². The number of carbonyl (C=O) groups is 1. The average molecular weight is 454 g/mol. The van der Waals surface area contributed by atoms with Crippen molar-refractivity contribution in [3.63, 3.8) is 0 Å². The molecule has 0 radical (unpaired) electrons. The van der Waals surface area contributed by atoms with Gasteiger partial charge in [0.2, 0.25) is 5.88 Å².